The van der Waals surface area contributed by atoms with Crippen molar-refractivity contribution in [2.45, 2.75) is 25.9 Å². The van der Waals surface area contributed by atoms with Crippen molar-refractivity contribution < 1.29 is 9.84 Å². The Balaban J connectivity index is 2.86. The van der Waals surface area contributed by atoms with E-state index in [1.54, 1.807) is 11.8 Å². The zero-order chi connectivity index (χ0) is 11.4. The first-order chi connectivity index (χ1) is 7.10. The molecule has 0 saturated heterocycles. The van der Waals surface area contributed by atoms with Gasteiger partial charge in [0.2, 0.25) is 0 Å². The molecule has 0 spiro atoms. The van der Waals surface area contributed by atoms with Crippen LogP contribution in [0.3, 0.4) is 0 Å². The number of methoxy groups -OCH3 is 1. The van der Waals surface area contributed by atoms with Crippen molar-refractivity contribution in [2.24, 2.45) is 5.73 Å². The van der Waals surface area contributed by atoms with Crippen molar-refractivity contribution >= 4 is 0 Å². The van der Waals surface area contributed by atoms with Gasteiger partial charge in [0.25, 0.3) is 0 Å². The minimum absolute atomic E-state index is 0.0352. The van der Waals surface area contributed by atoms with Crippen LogP contribution in [-0.2, 0) is 4.74 Å². The van der Waals surface area contributed by atoms with Crippen LogP contribution in [-0.4, -0.2) is 41.3 Å². The Hall–Kier alpha value is -0.910. The van der Waals surface area contributed by atoms with Crippen molar-refractivity contribution in [1.29, 1.82) is 0 Å². The van der Waals surface area contributed by atoms with Crippen LogP contribution in [0.2, 0.25) is 0 Å². The van der Waals surface area contributed by atoms with Crippen molar-refractivity contribution in [3.05, 3.63) is 17.5 Å². The van der Waals surface area contributed by atoms with E-state index >= 15 is 0 Å². The van der Waals surface area contributed by atoms with Crippen LogP contribution in [0.1, 0.15) is 17.4 Å². The molecule has 0 fully saturated rings. The fourth-order valence-electron chi connectivity index (χ4n) is 1.68. The first-order valence-electron chi connectivity index (χ1n) is 4.98. The number of aromatic nitrogens is 2. The monoisotopic (exact) mass is 213 g/mol. The van der Waals surface area contributed by atoms with E-state index in [0.717, 1.165) is 11.4 Å². The summed E-state index contributed by atoms with van der Waals surface area (Å²) in [5.41, 5.74) is 7.83. The third-order valence-corrected chi connectivity index (χ3v) is 2.40. The number of hydrogen-bond acceptors (Lipinski definition) is 4. The van der Waals surface area contributed by atoms with Gasteiger partial charge in [-0.15, -0.1) is 0 Å². The molecule has 0 aliphatic carbocycles. The maximum atomic E-state index is 9.31. The lowest BCUT2D eigenvalue weighted by Gasteiger charge is -2.22. The normalized spacial score (nSPS) is 15.3. The van der Waals surface area contributed by atoms with E-state index in [4.69, 9.17) is 10.5 Å². The lowest BCUT2D eigenvalue weighted by molar-refractivity contribution is 0.123. The predicted molar refractivity (Wildman–Crippen MR) is 57.7 cm³/mol. The highest BCUT2D eigenvalue weighted by atomic mass is 16.5. The molecule has 2 atom stereocenters. The van der Waals surface area contributed by atoms with Crippen LogP contribution in [0.4, 0.5) is 0 Å². The van der Waals surface area contributed by atoms with Gasteiger partial charge in [-0.1, -0.05) is 0 Å². The Morgan fingerprint density at radius 3 is 2.67 bits per heavy atom. The predicted octanol–water partition coefficient (Wildman–Crippen LogP) is 0.00704. The van der Waals surface area contributed by atoms with E-state index in [9.17, 15) is 5.11 Å². The summed E-state index contributed by atoms with van der Waals surface area (Å²) in [5, 5.41) is 13.6. The molecule has 0 amide bonds. The van der Waals surface area contributed by atoms with E-state index in [0.29, 0.717) is 6.61 Å². The van der Waals surface area contributed by atoms with Gasteiger partial charge in [0.1, 0.15) is 0 Å². The summed E-state index contributed by atoms with van der Waals surface area (Å²) in [6, 6.07) is 1.49. The van der Waals surface area contributed by atoms with Gasteiger partial charge in [0, 0.05) is 12.8 Å². The Morgan fingerprint density at radius 2 is 2.27 bits per heavy atom. The highest BCUT2D eigenvalue weighted by Crippen LogP contribution is 2.13. The maximum Gasteiger partial charge on any atom is 0.0925 e. The van der Waals surface area contributed by atoms with Crippen LogP contribution in [0, 0.1) is 13.8 Å². The molecule has 0 aliphatic rings. The molecule has 1 rings (SSSR count). The smallest absolute Gasteiger partial charge is 0.0925 e. The summed E-state index contributed by atoms with van der Waals surface area (Å²) in [6.07, 6.45) is 0. The van der Waals surface area contributed by atoms with Crippen LogP contribution in [0.5, 0.6) is 0 Å². The summed E-state index contributed by atoms with van der Waals surface area (Å²) in [6.45, 7) is 4.23. The van der Waals surface area contributed by atoms with E-state index in [-0.39, 0.29) is 18.7 Å². The zero-order valence-electron chi connectivity index (χ0n) is 9.47. The second-order valence-electron chi connectivity index (χ2n) is 3.74. The number of rotatable bonds is 5. The molecule has 0 saturated carbocycles. The van der Waals surface area contributed by atoms with Gasteiger partial charge in [-0.3, -0.25) is 4.68 Å². The number of aliphatic hydroxyl groups excluding tert-OH is 1. The lowest BCUT2D eigenvalue weighted by Crippen LogP contribution is -2.39. The average molecular weight is 213 g/mol. The third-order valence-electron chi connectivity index (χ3n) is 2.40. The number of ether oxygens (including phenoxy) is 1. The van der Waals surface area contributed by atoms with Crippen LogP contribution in [0.25, 0.3) is 0 Å². The number of nitrogens with zero attached hydrogens (tertiary/aromatic N) is 2. The number of nitrogens with two attached hydrogens (primary N) is 1. The fourth-order valence-corrected chi connectivity index (χ4v) is 1.68. The molecule has 2 unspecified atom stereocenters. The summed E-state index contributed by atoms with van der Waals surface area (Å²) >= 11 is 0. The number of aliphatic hydroxyl groups is 1. The Labute approximate surface area is 89.8 Å². The van der Waals surface area contributed by atoms with E-state index in [2.05, 4.69) is 5.10 Å². The SMILES string of the molecule is COCC(N)C(CO)n1nc(C)cc1C. The molecule has 1 aromatic rings. The van der Waals surface area contributed by atoms with Gasteiger partial charge in [0.05, 0.1) is 31.0 Å². The molecule has 0 aliphatic heterocycles. The molecule has 1 aromatic heterocycles. The minimum Gasteiger partial charge on any atom is -0.394 e. The van der Waals surface area contributed by atoms with Crippen LogP contribution in [0.15, 0.2) is 6.07 Å². The molecular weight excluding hydrogens is 194 g/mol. The summed E-state index contributed by atoms with van der Waals surface area (Å²) in [7, 11) is 1.59. The molecule has 15 heavy (non-hydrogen) atoms. The topological polar surface area (TPSA) is 73.3 Å². The number of aryl methyl sites for hydroxylation is 2. The first-order valence-corrected chi connectivity index (χ1v) is 4.98. The van der Waals surface area contributed by atoms with Gasteiger partial charge in [-0.25, -0.2) is 0 Å². The molecule has 0 radical (unpaired) electrons. The molecule has 5 heteroatoms. The lowest BCUT2D eigenvalue weighted by atomic mass is 10.1. The van der Waals surface area contributed by atoms with Gasteiger partial charge in [-0.2, -0.15) is 5.10 Å². The van der Waals surface area contributed by atoms with Crippen molar-refractivity contribution in [3.8, 4) is 0 Å². The standard InChI is InChI=1S/C10H19N3O2/c1-7-4-8(2)13(12-7)10(5-14)9(11)6-15-3/h4,9-10,14H,5-6,11H2,1-3H3. The highest BCUT2D eigenvalue weighted by molar-refractivity contribution is 5.08. The Kier molecular flexibility index (Phi) is 4.26. The molecule has 1 heterocycles. The van der Waals surface area contributed by atoms with Crippen molar-refractivity contribution in [3.63, 3.8) is 0 Å². The van der Waals surface area contributed by atoms with Gasteiger partial charge >= 0.3 is 0 Å². The van der Waals surface area contributed by atoms with Gasteiger partial charge in [-0.05, 0) is 19.9 Å². The maximum absolute atomic E-state index is 9.31. The number of hydrogen-bond donors (Lipinski definition) is 2. The summed E-state index contributed by atoms with van der Waals surface area (Å²) in [4.78, 5) is 0. The second-order valence-corrected chi connectivity index (χ2v) is 3.74. The van der Waals surface area contributed by atoms with E-state index in [1.807, 2.05) is 19.9 Å². The zero-order valence-corrected chi connectivity index (χ0v) is 9.47. The van der Waals surface area contributed by atoms with Gasteiger partial charge in [0.15, 0.2) is 0 Å². The van der Waals surface area contributed by atoms with Crippen LogP contribution >= 0.6 is 0 Å². The fraction of sp³-hybridized carbons (Fsp3) is 0.700. The van der Waals surface area contributed by atoms with Crippen molar-refractivity contribution in [2.75, 3.05) is 20.3 Å². The average Bonchev–Trinajstić information content (AvgIpc) is 2.47. The highest BCUT2D eigenvalue weighted by Gasteiger charge is 2.21. The Bertz CT molecular complexity index is 312. The summed E-state index contributed by atoms with van der Waals surface area (Å²) < 4.78 is 6.74. The summed E-state index contributed by atoms with van der Waals surface area (Å²) in [5.74, 6) is 0. The largest absolute Gasteiger partial charge is 0.394 e. The second kappa shape index (κ2) is 5.25. The molecule has 0 bridgehead atoms. The quantitative estimate of drug-likeness (QED) is 0.722. The third kappa shape index (κ3) is 2.77. The minimum atomic E-state index is -0.252. The van der Waals surface area contributed by atoms with Gasteiger partial charge < -0.3 is 15.6 Å². The van der Waals surface area contributed by atoms with E-state index in [1.165, 1.54) is 0 Å². The first kappa shape index (κ1) is 12.2. The Morgan fingerprint density at radius 1 is 1.60 bits per heavy atom. The molecular formula is C10H19N3O2. The van der Waals surface area contributed by atoms with E-state index < -0.39 is 0 Å². The van der Waals surface area contributed by atoms with Crippen LogP contribution < -0.4 is 5.73 Å². The molecule has 86 valence electrons. The van der Waals surface area contributed by atoms with Crippen molar-refractivity contribution in [1.82, 2.24) is 9.78 Å². The molecule has 5 nitrogen and oxygen atoms in total. The molecule has 0 aromatic carbocycles. The molecule has 3 N–H and O–H groups in total.